The molecule has 1 radical (unpaired) electrons. The van der Waals surface area contributed by atoms with Crippen molar-refractivity contribution >= 4 is 28.4 Å². The Kier molecular flexibility index (Phi) is 5.36. The lowest BCUT2D eigenvalue weighted by atomic mass is 9.91. The fraction of sp³-hybridized carbons (Fsp3) is 0.240. The Bertz CT molecular complexity index is 1510. The van der Waals surface area contributed by atoms with Crippen LogP contribution in [0.1, 0.15) is 27.3 Å². The first-order valence-electron chi connectivity index (χ1n) is 11.6. The van der Waals surface area contributed by atoms with Gasteiger partial charge >= 0.3 is 0 Å². The number of tetrazole rings is 1. The largest absolute Gasteiger partial charge is 0.496 e. The van der Waals surface area contributed by atoms with Crippen LogP contribution in [0.5, 0.6) is 11.5 Å². The maximum atomic E-state index is 13.4. The van der Waals surface area contributed by atoms with Gasteiger partial charge in [-0.1, -0.05) is 6.07 Å². The number of ether oxygens (including phenoxy) is 2. The number of benzene rings is 2. The van der Waals surface area contributed by atoms with E-state index in [1.54, 1.807) is 37.3 Å². The molecule has 2 aliphatic heterocycles. The highest BCUT2D eigenvalue weighted by molar-refractivity contribution is 6.03. The number of piperidine rings is 1. The van der Waals surface area contributed by atoms with Gasteiger partial charge in [-0.05, 0) is 40.8 Å². The number of aromatic nitrogens is 5. The summed E-state index contributed by atoms with van der Waals surface area (Å²) in [6, 6.07) is 12.6. The quantitative estimate of drug-likeness (QED) is 0.384. The molecule has 0 bridgehead atoms. The van der Waals surface area contributed by atoms with Crippen LogP contribution >= 0.6 is 0 Å². The molecule has 12 heteroatoms. The molecule has 1 unspecified atom stereocenters. The topological polar surface area (TPSA) is 147 Å². The molecule has 4 aromatic rings. The normalized spacial score (nSPS) is 16.2. The molecule has 2 amide bonds. The third-order valence-corrected chi connectivity index (χ3v) is 6.72. The third-order valence-electron chi connectivity index (χ3n) is 6.72. The summed E-state index contributed by atoms with van der Waals surface area (Å²) in [5.41, 5.74) is 1.95. The first-order chi connectivity index (χ1) is 18.0. The second kappa shape index (κ2) is 8.73. The maximum Gasteiger partial charge on any atom is 0.272 e. The average molecular weight is 500 g/mol. The van der Waals surface area contributed by atoms with Crippen molar-refractivity contribution in [2.24, 2.45) is 0 Å². The van der Waals surface area contributed by atoms with Gasteiger partial charge in [-0.15, -0.1) is 5.10 Å². The zero-order valence-corrected chi connectivity index (χ0v) is 20.1. The van der Waals surface area contributed by atoms with Crippen molar-refractivity contribution in [3.05, 3.63) is 60.1 Å². The fourth-order valence-electron chi connectivity index (χ4n) is 4.79. The molecular formula is C25H23N8O4. The number of para-hydroxylation sites is 1. The summed E-state index contributed by atoms with van der Waals surface area (Å²) in [5.74, 6) is 1.14. The third kappa shape index (κ3) is 3.86. The van der Waals surface area contributed by atoms with Gasteiger partial charge in [-0.2, -0.15) is 0 Å². The number of likely N-dealkylation sites (tertiary alicyclic amines) is 1. The lowest BCUT2D eigenvalue weighted by molar-refractivity contribution is 0.0699. The molecule has 2 aromatic carbocycles. The molecule has 2 aromatic heterocycles. The molecule has 4 heterocycles. The summed E-state index contributed by atoms with van der Waals surface area (Å²) in [6.45, 7) is 0.727. The zero-order valence-electron chi connectivity index (χ0n) is 20.1. The number of carbonyl (C=O) groups is 2. The Morgan fingerprint density at radius 1 is 1.08 bits per heavy atom. The van der Waals surface area contributed by atoms with Crippen LogP contribution in [0.25, 0.3) is 22.3 Å². The van der Waals surface area contributed by atoms with Crippen LogP contribution < -0.4 is 20.1 Å². The van der Waals surface area contributed by atoms with Gasteiger partial charge in [0.2, 0.25) is 0 Å². The number of rotatable bonds is 4. The number of hydrogen-bond acceptors (Lipinski definition) is 9. The van der Waals surface area contributed by atoms with Crippen LogP contribution in [0.4, 0.5) is 5.69 Å². The van der Waals surface area contributed by atoms with E-state index in [0.29, 0.717) is 59.2 Å². The van der Waals surface area contributed by atoms with Gasteiger partial charge in [0.15, 0.2) is 5.82 Å². The minimum atomic E-state index is -0.770. The van der Waals surface area contributed by atoms with E-state index in [1.807, 2.05) is 30.7 Å². The minimum Gasteiger partial charge on any atom is -0.496 e. The average Bonchev–Trinajstić information content (AvgIpc) is 3.47. The number of pyridine rings is 1. The van der Waals surface area contributed by atoms with E-state index in [2.05, 4.69) is 36.2 Å². The Morgan fingerprint density at radius 3 is 2.68 bits per heavy atom. The first-order valence-corrected chi connectivity index (χ1v) is 11.6. The second-order valence-corrected chi connectivity index (χ2v) is 8.83. The number of anilines is 1. The van der Waals surface area contributed by atoms with E-state index in [9.17, 15) is 9.59 Å². The highest BCUT2D eigenvalue weighted by Gasteiger charge is 2.41. The number of carbonyl (C=O) groups excluding carboxylic acids is 2. The van der Waals surface area contributed by atoms with Crippen LogP contribution in [0.15, 0.2) is 42.5 Å². The summed E-state index contributed by atoms with van der Waals surface area (Å²) in [4.78, 5) is 32.7. The van der Waals surface area contributed by atoms with Gasteiger partial charge in [0.1, 0.15) is 28.4 Å². The molecule has 1 spiro atoms. The van der Waals surface area contributed by atoms with Gasteiger partial charge < -0.3 is 25.0 Å². The minimum absolute atomic E-state index is 0.216. The number of nitrogens with one attached hydrogen (secondary N) is 3. The van der Waals surface area contributed by atoms with Crippen LogP contribution in [0.2, 0.25) is 0 Å². The van der Waals surface area contributed by atoms with Crippen LogP contribution in [-0.2, 0) is 0 Å². The van der Waals surface area contributed by atoms with Crippen molar-refractivity contribution in [1.29, 1.82) is 0 Å². The Hall–Kier alpha value is -4.74. The molecule has 6 rings (SSSR count). The lowest BCUT2D eigenvalue weighted by Crippen LogP contribution is -2.63. The van der Waals surface area contributed by atoms with E-state index in [1.165, 1.54) is 0 Å². The van der Waals surface area contributed by atoms with E-state index < -0.39 is 5.66 Å². The predicted molar refractivity (Wildman–Crippen MR) is 133 cm³/mol. The summed E-state index contributed by atoms with van der Waals surface area (Å²) < 4.78 is 11.0. The number of aromatic amines is 1. The van der Waals surface area contributed by atoms with Crippen LogP contribution in [0.3, 0.4) is 0 Å². The molecule has 1 saturated heterocycles. The van der Waals surface area contributed by atoms with E-state index in [4.69, 9.17) is 9.47 Å². The van der Waals surface area contributed by atoms with Crippen LogP contribution in [0, 0.1) is 6.42 Å². The van der Waals surface area contributed by atoms with E-state index in [-0.39, 0.29) is 17.5 Å². The van der Waals surface area contributed by atoms with Crippen molar-refractivity contribution in [3.63, 3.8) is 0 Å². The summed E-state index contributed by atoms with van der Waals surface area (Å²) >= 11 is 0. The molecule has 0 aliphatic carbocycles. The van der Waals surface area contributed by atoms with Crippen molar-refractivity contribution < 1.29 is 19.1 Å². The second-order valence-electron chi connectivity index (χ2n) is 8.83. The highest BCUT2D eigenvalue weighted by atomic mass is 16.5. The molecule has 187 valence electrons. The molecule has 12 nitrogen and oxygen atoms in total. The first kappa shape index (κ1) is 22.7. The van der Waals surface area contributed by atoms with Crippen molar-refractivity contribution in [2.45, 2.75) is 12.1 Å². The number of amides is 2. The monoisotopic (exact) mass is 499 g/mol. The van der Waals surface area contributed by atoms with Gasteiger partial charge in [0, 0.05) is 48.6 Å². The Balaban J connectivity index is 1.21. The molecule has 1 fully saturated rings. The molecule has 0 saturated carbocycles. The van der Waals surface area contributed by atoms with Gasteiger partial charge in [-0.25, -0.2) is 10.1 Å². The maximum absolute atomic E-state index is 13.4. The molecule has 2 aliphatic rings. The SMILES string of the molecule is COc1cc(C(=O)N2C[CH]C3(CC2)NC(=O)c2cc(-c4nnn[nH]4)ccc2N3)nc2c(OC)cccc12. The summed E-state index contributed by atoms with van der Waals surface area (Å²) in [7, 11) is 3.12. The van der Waals surface area contributed by atoms with Gasteiger partial charge in [-0.3, -0.25) is 9.59 Å². The summed E-state index contributed by atoms with van der Waals surface area (Å²) in [5, 5.41) is 21.0. The Labute approximate surface area is 211 Å². The van der Waals surface area contributed by atoms with Crippen LogP contribution in [-0.4, -0.2) is 75.3 Å². The molecular weight excluding hydrogens is 476 g/mol. The fourth-order valence-corrected chi connectivity index (χ4v) is 4.79. The van der Waals surface area contributed by atoms with E-state index in [0.717, 1.165) is 5.39 Å². The highest BCUT2D eigenvalue weighted by Crippen LogP contribution is 2.34. The van der Waals surface area contributed by atoms with Gasteiger partial charge in [0.25, 0.3) is 11.8 Å². The zero-order chi connectivity index (χ0) is 25.6. The lowest BCUT2D eigenvalue weighted by Gasteiger charge is -2.45. The number of fused-ring (bicyclic) bond motifs is 2. The number of H-pyrrole nitrogens is 1. The smallest absolute Gasteiger partial charge is 0.272 e. The Morgan fingerprint density at radius 2 is 1.95 bits per heavy atom. The van der Waals surface area contributed by atoms with Gasteiger partial charge in [0.05, 0.1) is 19.8 Å². The number of methoxy groups -OCH3 is 2. The van der Waals surface area contributed by atoms with Crippen molar-refractivity contribution in [1.82, 2.24) is 35.8 Å². The van der Waals surface area contributed by atoms with Crippen molar-refractivity contribution in [2.75, 3.05) is 32.6 Å². The summed E-state index contributed by atoms with van der Waals surface area (Å²) in [6.07, 6.45) is 2.38. The van der Waals surface area contributed by atoms with Crippen molar-refractivity contribution in [3.8, 4) is 22.9 Å². The van der Waals surface area contributed by atoms with E-state index >= 15 is 0 Å². The number of nitrogens with zero attached hydrogens (tertiary/aromatic N) is 5. The molecule has 3 N–H and O–H groups in total. The molecule has 37 heavy (non-hydrogen) atoms. The number of hydrogen-bond donors (Lipinski definition) is 3. The standard InChI is InChI=1S/C25H23N8O4/c1-36-19-5-3-4-15-20(37-2)13-18(26-21(15)19)24(35)33-10-8-25(9-11-33)27-17-7-6-14(22-29-31-32-30-22)12-16(17)23(34)28-25/h3-8,12-13,27H,9-11H2,1-2H3,(H,28,34)(H,29,30,31,32). The predicted octanol–water partition coefficient (Wildman–Crippen LogP) is 2.03. The molecule has 1 atom stereocenters.